The average molecular weight is 346 g/mol. The predicted octanol–water partition coefficient (Wildman–Crippen LogP) is 2.76. The molecule has 0 fully saturated rings. The van der Waals surface area contributed by atoms with Gasteiger partial charge in [-0.15, -0.1) is 16.8 Å². The van der Waals surface area contributed by atoms with Crippen molar-refractivity contribution in [1.82, 2.24) is 20.1 Å². The molecule has 1 amide bonds. The zero-order valence-corrected chi connectivity index (χ0v) is 14.8. The minimum atomic E-state index is -0.00570. The van der Waals surface area contributed by atoms with E-state index in [1.807, 2.05) is 35.8 Å². The number of para-hydroxylation sites is 1. The Hall–Kier alpha value is -2.28. The fraction of sp³-hybridized carbons (Fsp3) is 0.353. The Morgan fingerprint density at radius 1 is 1.42 bits per heavy atom. The van der Waals surface area contributed by atoms with E-state index in [1.54, 1.807) is 13.2 Å². The number of methoxy groups -OCH3 is 1. The summed E-state index contributed by atoms with van der Waals surface area (Å²) < 4.78 is 7.34. The van der Waals surface area contributed by atoms with Gasteiger partial charge in [-0.1, -0.05) is 36.9 Å². The summed E-state index contributed by atoms with van der Waals surface area (Å²) in [4.78, 5) is 11.8. The molecule has 1 heterocycles. The molecule has 0 aliphatic rings. The van der Waals surface area contributed by atoms with Crippen LogP contribution in [0.1, 0.15) is 13.3 Å². The quantitative estimate of drug-likeness (QED) is 0.558. The van der Waals surface area contributed by atoms with Crippen molar-refractivity contribution in [3.05, 3.63) is 36.9 Å². The fourth-order valence-electron chi connectivity index (χ4n) is 2.16. The van der Waals surface area contributed by atoms with Crippen LogP contribution in [-0.2, 0) is 11.3 Å². The third kappa shape index (κ3) is 4.38. The zero-order valence-electron chi connectivity index (χ0n) is 14.0. The number of rotatable bonds is 9. The third-order valence-corrected chi connectivity index (χ3v) is 4.25. The van der Waals surface area contributed by atoms with Gasteiger partial charge < -0.3 is 10.1 Å². The standard InChI is InChI=1S/C17H22N4O2S/c1-4-10-18-15(22)12-24-17-20-19-16(21(17)11-5-2)13-8-6-7-9-14(13)23-3/h5-9H,2,4,10-12H2,1,3H3,(H,18,22). The molecule has 24 heavy (non-hydrogen) atoms. The van der Waals surface area contributed by atoms with Crippen molar-refractivity contribution < 1.29 is 9.53 Å². The molecular weight excluding hydrogens is 324 g/mol. The van der Waals surface area contributed by atoms with Crippen LogP contribution in [0.2, 0.25) is 0 Å². The molecule has 2 rings (SSSR count). The molecule has 0 saturated heterocycles. The van der Waals surface area contributed by atoms with Crippen LogP contribution in [0.5, 0.6) is 5.75 Å². The number of hydrogen-bond donors (Lipinski definition) is 1. The molecular formula is C17H22N4O2S. The lowest BCUT2D eigenvalue weighted by atomic mass is 10.2. The number of aromatic nitrogens is 3. The Morgan fingerprint density at radius 2 is 2.21 bits per heavy atom. The lowest BCUT2D eigenvalue weighted by Crippen LogP contribution is -2.25. The van der Waals surface area contributed by atoms with Crippen molar-refractivity contribution in [2.45, 2.75) is 25.0 Å². The Balaban J connectivity index is 2.23. The van der Waals surface area contributed by atoms with E-state index in [9.17, 15) is 4.79 Å². The molecule has 2 aromatic rings. The van der Waals surface area contributed by atoms with Gasteiger partial charge in [0.15, 0.2) is 11.0 Å². The number of carbonyl (C=O) groups is 1. The van der Waals surface area contributed by atoms with Crippen LogP contribution in [0.15, 0.2) is 42.1 Å². The van der Waals surface area contributed by atoms with Crippen molar-refractivity contribution in [1.29, 1.82) is 0 Å². The monoisotopic (exact) mass is 346 g/mol. The topological polar surface area (TPSA) is 69.0 Å². The van der Waals surface area contributed by atoms with Crippen LogP contribution >= 0.6 is 11.8 Å². The van der Waals surface area contributed by atoms with Gasteiger partial charge in [0, 0.05) is 13.1 Å². The summed E-state index contributed by atoms with van der Waals surface area (Å²) in [5, 5.41) is 12.1. The summed E-state index contributed by atoms with van der Waals surface area (Å²) in [6.07, 6.45) is 2.70. The minimum Gasteiger partial charge on any atom is -0.496 e. The second-order valence-electron chi connectivity index (χ2n) is 5.04. The van der Waals surface area contributed by atoms with Gasteiger partial charge in [-0.05, 0) is 18.6 Å². The van der Waals surface area contributed by atoms with E-state index in [4.69, 9.17) is 4.74 Å². The number of allylic oxidation sites excluding steroid dienone is 1. The maximum absolute atomic E-state index is 11.8. The van der Waals surface area contributed by atoms with E-state index >= 15 is 0 Å². The molecule has 7 heteroatoms. The first-order valence-electron chi connectivity index (χ1n) is 7.78. The van der Waals surface area contributed by atoms with Gasteiger partial charge >= 0.3 is 0 Å². The molecule has 0 atom stereocenters. The molecule has 0 unspecified atom stereocenters. The SMILES string of the molecule is C=CCn1c(SCC(=O)NCCC)nnc1-c1ccccc1OC. The first kappa shape index (κ1) is 18.1. The highest BCUT2D eigenvalue weighted by Crippen LogP contribution is 2.30. The first-order valence-corrected chi connectivity index (χ1v) is 8.76. The van der Waals surface area contributed by atoms with Crippen LogP contribution in [0, 0.1) is 0 Å². The molecule has 0 radical (unpaired) electrons. The second kappa shape index (κ2) is 9.12. The number of amides is 1. The van der Waals surface area contributed by atoms with Gasteiger partial charge in [-0.25, -0.2) is 0 Å². The number of nitrogens with one attached hydrogen (secondary N) is 1. The third-order valence-electron chi connectivity index (χ3n) is 3.28. The summed E-state index contributed by atoms with van der Waals surface area (Å²) >= 11 is 1.36. The molecule has 128 valence electrons. The van der Waals surface area contributed by atoms with Crippen molar-refractivity contribution in [2.24, 2.45) is 0 Å². The maximum atomic E-state index is 11.8. The van der Waals surface area contributed by atoms with Gasteiger partial charge in [0.05, 0.1) is 18.4 Å². The molecule has 0 aliphatic carbocycles. The van der Waals surface area contributed by atoms with Gasteiger partial charge in [0.2, 0.25) is 5.91 Å². The van der Waals surface area contributed by atoms with E-state index in [0.29, 0.717) is 29.8 Å². The molecule has 0 aliphatic heterocycles. The first-order chi connectivity index (χ1) is 11.7. The lowest BCUT2D eigenvalue weighted by molar-refractivity contribution is -0.118. The van der Waals surface area contributed by atoms with Gasteiger partial charge in [0.1, 0.15) is 5.75 Å². The smallest absolute Gasteiger partial charge is 0.230 e. The number of nitrogens with zero attached hydrogens (tertiary/aromatic N) is 3. The van der Waals surface area contributed by atoms with Gasteiger partial charge in [-0.2, -0.15) is 0 Å². The Morgan fingerprint density at radius 3 is 2.92 bits per heavy atom. The lowest BCUT2D eigenvalue weighted by Gasteiger charge is -2.10. The number of ether oxygens (including phenoxy) is 1. The molecule has 0 spiro atoms. The van der Waals surface area contributed by atoms with Crippen LogP contribution in [0.25, 0.3) is 11.4 Å². The van der Waals surface area contributed by atoms with Crippen LogP contribution in [-0.4, -0.2) is 40.1 Å². The molecule has 1 aromatic heterocycles. The summed E-state index contributed by atoms with van der Waals surface area (Å²) in [6, 6.07) is 7.65. The van der Waals surface area contributed by atoms with Gasteiger partial charge in [-0.3, -0.25) is 9.36 Å². The Labute approximate surface area is 146 Å². The van der Waals surface area contributed by atoms with E-state index in [1.165, 1.54) is 11.8 Å². The number of thioether (sulfide) groups is 1. The molecule has 6 nitrogen and oxygen atoms in total. The van der Waals surface area contributed by atoms with Crippen LogP contribution in [0.3, 0.4) is 0 Å². The van der Waals surface area contributed by atoms with E-state index in [-0.39, 0.29) is 5.91 Å². The highest BCUT2D eigenvalue weighted by molar-refractivity contribution is 7.99. The van der Waals surface area contributed by atoms with Crippen molar-refractivity contribution >= 4 is 17.7 Å². The zero-order chi connectivity index (χ0) is 17.4. The van der Waals surface area contributed by atoms with E-state index in [2.05, 4.69) is 22.1 Å². The maximum Gasteiger partial charge on any atom is 0.230 e. The number of carbonyl (C=O) groups excluding carboxylic acids is 1. The normalized spacial score (nSPS) is 10.4. The Bertz CT molecular complexity index is 700. The van der Waals surface area contributed by atoms with Gasteiger partial charge in [0.25, 0.3) is 0 Å². The number of benzene rings is 1. The summed E-state index contributed by atoms with van der Waals surface area (Å²) in [5.74, 6) is 1.73. The van der Waals surface area contributed by atoms with E-state index in [0.717, 1.165) is 17.7 Å². The molecule has 0 saturated carbocycles. The summed E-state index contributed by atoms with van der Waals surface area (Å²) in [6.45, 7) is 7.06. The fourth-order valence-corrected chi connectivity index (χ4v) is 2.94. The van der Waals surface area contributed by atoms with Crippen LogP contribution in [0.4, 0.5) is 0 Å². The van der Waals surface area contributed by atoms with Crippen molar-refractivity contribution in [3.63, 3.8) is 0 Å². The molecule has 1 aromatic carbocycles. The highest BCUT2D eigenvalue weighted by atomic mass is 32.2. The van der Waals surface area contributed by atoms with Crippen molar-refractivity contribution in [3.8, 4) is 17.1 Å². The Kier molecular flexibility index (Phi) is 6.87. The minimum absolute atomic E-state index is 0.00570. The molecule has 1 N–H and O–H groups in total. The largest absolute Gasteiger partial charge is 0.496 e. The number of hydrogen-bond acceptors (Lipinski definition) is 5. The summed E-state index contributed by atoms with van der Waals surface area (Å²) in [5.41, 5.74) is 0.858. The van der Waals surface area contributed by atoms with Crippen molar-refractivity contribution in [2.75, 3.05) is 19.4 Å². The predicted molar refractivity (Wildman–Crippen MR) is 96.2 cm³/mol. The summed E-state index contributed by atoms with van der Waals surface area (Å²) in [7, 11) is 1.63. The van der Waals surface area contributed by atoms with E-state index < -0.39 is 0 Å². The van der Waals surface area contributed by atoms with Crippen LogP contribution < -0.4 is 10.1 Å². The second-order valence-corrected chi connectivity index (χ2v) is 5.99. The average Bonchev–Trinajstić information content (AvgIpc) is 3.01. The molecule has 0 bridgehead atoms. The highest BCUT2D eigenvalue weighted by Gasteiger charge is 2.17.